The van der Waals surface area contributed by atoms with Crippen LogP contribution in [0.25, 0.3) is 0 Å². The summed E-state index contributed by atoms with van der Waals surface area (Å²) >= 11 is 5.51. The summed E-state index contributed by atoms with van der Waals surface area (Å²) in [4.78, 5) is 15.4. The van der Waals surface area contributed by atoms with E-state index in [1.54, 1.807) is 4.90 Å². The van der Waals surface area contributed by atoms with Crippen molar-refractivity contribution in [2.45, 2.75) is 90.5 Å². The van der Waals surface area contributed by atoms with Crippen molar-refractivity contribution in [3.05, 3.63) is 60.7 Å². The average Bonchev–Trinajstić information content (AvgIpc) is 3.49. The molecule has 2 saturated heterocycles. The van der Waals surface area contributed by atoms with Gasteiger partial charge >= 0.3 is 0 Å². The number of thiocarbonyl (C=S) groups is 1. The molecule has 2 aromatic carbocycles. The highest BCUT2D eigenvalue weighted by atomic mass is 32.1. The Labute approximate surface area is 241 Å². The average molecular weight is 568 g/mol. The van der Waals surface area contributed by atoms with Crippen molar-refractivity contribution < 1.29 is 18.7 Å². The van der Waals surface area contributed by atoms with Crippen LogP contribution < -0.4 is 10.4 Å². The van der Waals surface area contributed by atoms with Crippen LogP contribution in [-0.4, -0.2) is 55.3 Å². The molecule has 0 saturated carbocycles. The Morgan fingerprint density at radius 2 is 1.49 bits per heavy atom. The van der Waals surface area contributed by atoms with Crippen LogP contribution >= 0.6 is 12.2 Å². The Balaban J connectivity index is 1.49. The lowest BCUT2D eigenvalue weighted by atomic mass is 9.76. The van der Waals surface area contributed by atoms with E-state index in [0.717, 1.165) is 12.8 Å². The van der Waals surface area contributed by atoms with Gasteiger partial charge in [0.2, 0.25) is 5.91 Å². The van der Waals surface area contributed by atoms with Crippen LogP contribution in [0.4, 0.5) is 0 Å². The summed E-state index contributed by atoms with van der Waals surface area (Å²) in [5.74, 6) is 0.441. The first kappa shape index (κ1) is 29.9. The minimum atomic E-state index is -2.63. The molecule has 0 spiro atoms. The Kier molecular flexibility index (Phi) is 9.06. The van der Waals surface area contributed by atoms with E-state index in [-0.39, 0.29) is 35.0 Å². The lowest BCUT2D eigenvalue weighted by Gasteiger charge is -2.43. The molecule has 7 heteroatoms. The summed E-state index contributed by atoms with van der Waals surface area (Å²) in [5.41, 5.74) is -0.418. The van der Waals surface area contributed by atoms with Crippen LogP contribution in [0, 0.1) is 11.8 Å². The number of nitrogens with zero attached hydrogens (tertiary/aromatic N) is 1. The highest BCUT2D eigenvalue weighted by molar-refractivity contribution is 7.80. The molecule has 212 valence electrons. The largest absolute Gasteiger partial charge is 0.468 e. The van der Waals surface area contributed by atoms with Gasteiger partial charge in [-0.15, -0.1) is 0 Å². The summed E-state index contributed by atoms with van der Waals surface area (Å²) in [6, 6.07) is 21.3. The van der Waals surface area contributed by atoms with Gasteiger partial charge in [0, 0.05) is 0 Å². The molecule has 2 aliphatic rings. The molecule has 5 nitrogen and oxygen atoms in total. The first-order chi connectivity index (χ1) is 18.4. The van der Waals surface area contributed by atoms with Gasteiger partial charge in [-0.1, -0.05) is 109 Å². The van der Waals surface area contributed by atoms with Gasteiger partial charge in [0.1, 0.15) is 6.61 Å². The van der Waals surface area contributed by atoms with Crippen LogP contribution in [0.3, 0.4) is 0 Å². The Bertz CT molecular complexity index is 1080. The van der Waals surface area contributed by atoms with Crippen molar-refractivity contribution in [3.63, 3.8) is 0 Å². The standard InChI is InChI=1S/C32H45NO4SSi/c1-23(2)32(24(3)4)22-35-30(38)33(32)29(34)20-25-18-19-26(37-25)21-36-39(31(5,6)7,27-14-10-8-11-15-27)28-16-12-9-13-17-28/h8-17,23-26H,18-22H2,1-7H3/t25-,26-/m0/s1. The molecule has 0 bridgehead atoms. The molecule has 2 heterocycles. The Hall–Kier alpha value is -2.06. The van der Waals surface area contributed by atoms with E-state index < -0.39 is 13.9 Å². The maximum atomic E-state index is 13.6. The zero-order chi connectivity index (χ0) is 28.4. The van der Waals surface area contributed by atoms with Gasteiger partial charge in [-0.3, -0.25) is 9.69 Å². The number of amides is 1. The first-order valence-electron chi connectivity index (χ1n) is 14.3. The summed E-state index contributed by atoms with van der Waals surface area (Å²) in [6.07, 6.45) is 1.81. The molecule has 2 atom stereocenters. The highest BCUT2D eigenvalue weighted by Crippen LogP contribution is 2.40. The van der Waals surface area contributed by atoms with Crippen LogP contribution in [0.1, 0.15) is 67.7 Å². The van der Waals surface area contributed by atoms with E-state index in [0.29, 0.717) is 24.8 Å². The number of hydrogen-bond donors (Lipinski definition) is 0. The second-order valence-corrected chi connectivity index (χ2v) is 17.4. The van der Waals surface area contributed by atoms with Gasteiger partial charge in [-0.25, -0.2) is 0 Å². The fourth-order valence-corrected chi connectivity index (χ4v) is 11.6. The predicted octanol–water partition coefficient (Wildman–Crippen LogP) is 5.70. The number of ether oxygens (including phenoxy) is 2. The minimum Gasteiger partial charge on any atom is -0.468 e. The topological polar surface area (TPSA) is 48.0 Å². The molecule has 0 aromatic heterocycles. The molecule has 2 aliphatic heterocycles. The fourth-order valence-electron chi connectivity index (χ4n) is 6.65. The van der Waals surface area contributed by atoms with E-state index in [1.807, 2.05) is 0 Å². The molecule has 0 radical (unpaired) electrons. The van der Waals surface area contributed by atoms with Gasteiger partial charge < -0.3 is 13.9 Å². The highest BCUT2D eigenvalue weighted by Gasteiger charge is 2.54. The molecule has 2 aromatic rings. The number of benzene rings is 2. The summed E-state index contributed by atoms with van der Waals surface area (Å²) < 4.78 is 19.3. The van der Waals surface area contributed by atoms with Gasteiger partial charge in [0.25, 0.3) is 13.5 Å². The molecule has 2 fully saturated rings. The van der Waals surface area contributed by atoms with E-state index >= 15 is 0 Å². The maximum absolute atomic E-state index is 13.6. The monoisotopic (exact) mass is 567 g/mol. The second kappa shape index (κ2) is 11.8. The van der Waals surface area contributed by atoms with Crippen molar-refractivity contribution in [1.29, 1.82) is 0 Å². The third kappa shape index (κ3) is 5.60. The lowest BCUT2D eigenvalue weighted by molar-refractivity contribution is -0.136. The summed E-state index contributed by atoms with van der Waals surface area (Å²) in [6.45, 7) is 16.4. The van der Waals surface area contributed by atoms with E-state index in [2.05, 4.69) is 109 Å². The first-order valence-corrected chi connectivity index (χ1v) is 16.7. The zero-order valence-corrected chi connectivity index (χ0v) is 26.4. The lowest BCUT2D eigenvalue weighted by Crippen LogP contribution is -2.67. The molecule has 0 N–H and O–H groups in total. The van der Waals surface area contributed by atoms with Gasteiger partial charge in [0.15, 0.2) is 0 Å². The molecular formula is C32H45NO4SSi. The quantitative estimate of drug-likeness (QED) is 0.288. The van der Waals surface area contributed by atoms with Crippen LogP contribution in [0.5, 0.6) is 0 Å². The van der Waals surface area contributed by atoms with E-state index in [9.17, 15) is 4.79 Å². The predicted molar refractivity (Wildman–Crippen MR) is 164 cm³/mol. The molecule has 4 rings (SSSR count). The van der Waals surface area contributed by atoms with Crippen molar-refractivity contribution in [3.8, 4) is 0 Å². The fraction of sp³-hybridized carbons (Fsp3) is 0.562. The molecule has 0 aliphatic carbocycles. The van der Waals surface area contributed by atoms with E-state index in [1.165, 1.54) is 10.4 Å². The maximum Gasteiger partial charge on any atom is 0.266 e. The molecule has 39 heavy (non-hydrogen) atoms. The van der Waals surface area contributed by atoms with E-state index in [4.69, 9.17) is 26.1 Å². The third-order valence-corrected chi connectivity index (χ3v) is 14.1. The van der Waals surface area contributed by atoms with Crippen molar-refractivity contribution >= 4 is 42.0 Å². The summed E-state index contributed by atoms with van der Waals surface area (Å²) in [5, 5.41) is 2.72. The Morgan fingerprint density at radius 3 is 1.97 bits per heavy atom. The Morgan fingerprint density at radius 1 is 0.974 bits per heavy atom. The third-order valence-electron chi connectivity index (χ3n) is 8.78. The van der Waals surface area contributed by atoms with Gasteiger partial charge in [-0.2, -0.15) is 0 Å². The SMILES string of the molecule is CC(C)C1(C(C)C)COC(=S)N1C(=O)C[C@@H]1CC[C@@H](CO[Si](c2ccccc2)(c2ccccc2)C(C)(C)C)O1. The van der Waals surface area contributed by atoms with Crippen molar-refractivity contribution in [2.75, 3.05) is 13.2 Å². The number of hydrogen-bond acceptors (Lipinski definition) is 5. The molecule has 0 unspecified atom stereocenters. The number of carbonyl (C=O) groups excluding carboxylic acids is 1. The minimum absolute atomic E-state index is 0.00143. The van der Waals surface area contributed by atoms with Crippen LogP contribution in [-0.2, 0) is 18.7 Å². The van der Waals surface area contributed by atoms with Crippen LogP contribution in [0.2, 0.25) is 5.04 Å². The normalized spacial score (nSPS) is 21.6. The molecule has 1 amide bonds. The number of rotatable bonds is 9. The second-order valence-electron chi connectivity index (χ2n) is 12.7. The molecular weight excluding hydrogens is 523 g/mol. The van der Waals surface area contributed by atoms with Crippen LogP contribution in [0.15, 0.2) is 60.7 Å². The number of carbonyl (C=O) groups is 1. The summed E-state index contributed by atoms with van der Waals surface area (Å²) in [7, 11) is -2.63. The van der Waals surface area contributed by atoms with Gasteiger partial charge in [0.05, 0.1) is 30.8 Å². The zero-order valence-electron chi connectivity index (χ0n) is 24.6. The van der Waals surface area contributed by atoms with Gasteiger partial charge in [-0.05, 0) is 52.3 Å². The van der Waals surface area contributed by atoms with Crippen molar-refractivity contribution in [1.82, 2.24) is 4.90 Å². The smallest absolute Gasteiger partial charge is 0.266 e. The van der Waals surface area contributed by atoms with Crippen molar-refractivity contribution in [2.24, 2.45) is 11.8 Å².